The molecule has 0 bridgehead atoms. The van der Waals surface area contributed by atoms with Crippen LogP contribution in [0.3, 0.4) is 0 Å². The van der Waals surface area contributed by atoms with Crippen LogP contribution in [0.1, 0.15) is 31.9 Å². The Bertz CT molecular complexity index is 291. The molecule has 0 N–H and O–H groups in total. The van der Waals surface area contributed by atoms with Crippen molar-refractivity contribution in [3.63, 3.8) is 0 Å². The lowest BCUT2D eigenvalue weighted by Gasteiger charge is -1.95. The van der Waals surface area contributed by atoms with Crippen molar-refractivity contribution in [1.29, 1.82) is 0 Å². The van der Waals surface area contributed by atoms with E-state index < -0.39 is 0 Å². The average Bonchev–Trinajstić information content (AvgIpc) is 2.22. The molecule has 0 unspecified atom stereocenters. The van der Waals surface area contributed by atoms with Gasteiger partial charge in [-0.05, 0) is 19.1 Å². The molecule has 0 fully saturated rings. The van der Waals surface area contributed by atoms with Crippen molar-refractivity contribution in [2.75, 3.05) is 0 Å². The normalized spacial score (nSPS) is 7.62. The van der Waals surface area contributed by atoms with Crippen LogP contribution in [0, 0.1) is 11.8 Å². The van der Waals surface area contributed by atoms with Crippen LogP contribution >= 0.6 is 0 Å². The summed E-state index contributed by atoms with van der Waals surface area (Å²) in [6.07, 6.45) is 0.583. The van der Waals surface area contributed by atoms with E-state index in [2.05, 4.69) is 11.8 Å². The van der Waals surface area contributed by atoms with E-state index in [1.807, 2.05) is 45.0 Å². The van der Waals surface area contributed by atoms with Gasteiger partial charge >= 0.3 is 0 Å². The van der Waals surface area contributed by atoms with Gasteiger partial charge in [0, 0.05) is 5.56 Å². The van der Waals surface area contributed by atoms with Gasteiger partial charge in [0.15, 0.2) is 0 Å². The maximum absolute atomic E-state index is 5.47. The van der Waals surface area contributed by atoms with E-state index in [9.17, 15) is 0 Å². The first-order chi connectivity index (χ1) is 6.36. The van der Waals surface area contributed by atoms with Gasteiger partial charge in [-0.2, -0.15) is 0 Å². The Balaban J connectivity index is 0.000000671. The van der Waals surface area contributed by atoms with Crippen LogP contribution in [-0.4, -0.2) is 7.85 Å². The van der Waals surface area contributed by atoms with Crippen LogP contribution in [0.5, 0.6) is 0 Å². The third kappa shape index (κ3) is 4.43. The molecular formula is C12H15B. The second-order valence-corrected chi connectivity index (χ2v) is 2.28. The van der Waals surface area contributed by atoms with Crippen LogP contribution in [0.4, 0.5) is 0 Å². The summed E-state index contributed by atoms with van der Waals surface area (Å²) >= 11 is 0. The highest BCUT2D eigenvalue weighted by Crippen LogP contribution is 2.02. The van der Waals surface area contributed by atoms with Gasteiger partial charge in [0.2, 0.25) is 0 Å². The molecule has 0 aromatic heterocycles. The summed E-state index contributed by atoms with van der Waals surface area (Å²) in [6, 6.07) is 7.97. The van der Waals surface area contributed by atoms with Gasteiger partial charge in [0.05, 0.1) is 7.85 Å². The van der Waals surface area contributed by atoms with Gasteiger partial charge < -0.3 is 0 Å². The molecule has 1 heteroatoms. The van der Waals surface area contributed by atoms with Crippen molar-refractivity contribution in [2.24, 2.45) is 0 Å². The molecule has 1 aromatic carbocycles. The summed E-state index contributed by atoms with van der Waals surface area (Å²) in [5, 5.41) is 0. The third-order valence-electron chi connectivity index (χ3n) is 1.43. The Morgan fingerprint density at radius 1 is 1.31 bits per heavy atom. The van der Waals surface area contributed by atoms with Gasteiger partial charge in [0.1, 0.15) is 0 Å². The summed E-state index contributed by atoms with van der Waals surface area (Å²) < 4.78 is 0. The van der Waals surface area contributed by atoms with Crippen molar-refractivity contribution in [3.05, 3.63) is 35.4 Å². The second-order valence-electron chi connectivity index (χ2n) is 2.28. The van der Waals surface area contributed by atoms with E-state index in [-0.39, 0.29) is 0 Å². The van der Waals surface area contributed by atoms with Crippen LogP contribution < -0.4 is 0 Å². The zero-order valence-corrected chi connectivity index (χ0v) is 8.59. The maximum Gasteiger partial charge on any atom is 0.0716 e. The Kier molecular flexibility index (Phi) is 6.83. The quantitative estimate of drug-likeness (QED) is 0.449. The standard InChI is InChI=1S/C10H9B.C2H6/c1-2-4-9-5-3-6-10(7-9)8-11;1-2/h3,5-7H,8H2,1H3;1-2H3. The van der Waals surface area contributed by atoms with Crippen LogP contribution in [0.15, 0.2) is 24.3 Å². The fourth-order valence-electron chi connectivity index (χ4n) is 0.920. The molecule has 0 spiro atoms. The highest BCUT2D eigenvalue weighted by atomic mass is 13.9. The predicted molar refractivity (Wildman–Crippen MR) is 59.8 cm³/mol. The summed E-state index contributed by atoms with van der Waals surface area (Å²) in [4.78, 5) is 0. The van der Waals surface area contributed by atoms with Gasteiger partial charge in [-0.3, -0.25) is 0 Å². The lowest BCUT2D eigenvalue weighted by atomic mass is 9.96. The SMILES string of the molecule is CC.[B]Cc1cccc(C#CC)c1. The smallest absolute Gasteiger partial charge is 0.0716 e. The largest absolute Gasteiger partial charge is 0.101 e. The highest BCUT2D eigenvalue weighted by molar-refractivity contribution is 6.08. The van der Waals surface area contributed by atoms with E-state index in [0.29, 0.717) is 6.32 Å². The van der Waals surface area contributed by atoms with Crippen molar-refractivity contribution in [2.45, 2.75) is 27.1 Å². The zero-order chi connectivity index (χ0) is 10.1. The molecule has 0 saturated heterocycles. The van der Waals surface area contributed by atoms with Crippen LogP contribution in [-0.2, 0) is 6.32 Å². The van der Waals surface area contributed by atoms with Gasteiger partial charge in [-0.15, -0.1) is 5.92 Å². The first-order valence-corrected chi connectivity index (χ1v) is 4.58. The number of hydrogen-bond donors (Lipinski definition) is 0. The van der Waals surface area contributed by atoms with Gasteiger partial charge in [-0.25, -0.2) is 0 Å². The molecule has 66 valence electrons. The van der Waals surface area contributed by atoms with Crippen LogP contribution in [0.2, 0.25) is 0 Å². The van der Waals surface area contributed by atoms with Gasteiger partial charge in [-0.1, -0.05) is 43.8 Å². The van der Waals surface area contributed by atoms with Crippen molar-refractivity contribution in [3.8, 4) is 11.8 Å². The Labute approximate surface area is 82.8 Å². The molecular weight excluding hydrogens is 155 g/mol. The third-order valence-corrected chi connectivity index (χ3v) is 1.43. The first-order valence-electron chi connectivity index (χ1n) is 4.58. The topological polar surface area (TPSA) is 0 Å². The minimum absolute atomic E-state index is 0.583. The fourth-order valence-corrected chi connectivity index (χ4v) is 0.920. The molecule has 2 radical (unpaired) electrons. The van der Waals surface area contributed by atoms with Crippen LogP contribution in [0.25, 0.3) is 0 Å². The molecule has 0 atom stereocenters. The molecule has 13 heavy (non-hydrogen) atoms. The van der Waals surface area contributed by atoms with Gasteiger partial charge in [0.25, 0.3) is 0 Å². The predicted octanol–water partition coefficient (Wildman–Crippen LogP) is 2.75. The number of rotatable bonds is 1. The minimum atomic E-state index is 0.583. The summed E-state index contributed by atoms with van der Waals surface area (Å²) in [5.41, 5.74) is 2.17. The fraction of sp³-hybridized carbons (Fsp3) is 0.333. The number of benzene rings is 1. The molecule has 1 rings (SSSR count). The Morgan fingerprint density at radius 3 is 2.54 bits per heavy atom. The zero-order valence-electron chi connectivity index (χ0n) is 8.59. The minimum Gasteiger partial charge on any atom is -0.101 e. The lowest BCUT2D eigenvalue weighted by Crippen LogP contribution is -1.83. The number of hydrogen-bond acceptors (Lipinski definition) is 0. The lowest BCUT2D eigenvalue weighted by molar-refractivity contribution is 1.39. The van der Waals surface area contributed by atoms with E-state index in [1.54, 1.807) is 0 Å². The van der Waals surface area contributed by atoms with Crippen molar-refractivity contribution >= 4 is 7.85 Å². The molecule has 0 aliphatic heterocycles. The van der Waals surface area contributed by atoms with E-state index in [0.717, 1.165) is 11.1 Å². The Morgan fingerprint density at radius 2 is 2.00 bits per heavy atom. The average molecular weight is 170 g/mol. The molecule has 0 saturated carbocycles. The van der Waals surface area contributed by atoms with Crippen molar-refractivity contribution < 1.29 is 0 Å². The van der Waals surface area contributed by atoms with E-state index in [4.69, 9.17) is 7.85 Å². The monoisotopic (exact) mass is 170 g/mol. The molecule has 0 aliphatic rings. The van der Waals surface area contributed by atoms with Crippen molar-refractivity contribution in [1.82, 2.24) is 0 Å². The molecule has 0 aliphatic carbocycles. The summed E-state index contributed by atoms with van der Waals surface area (Å²) in [5.74, 6) is 5.82. The molecule has 0 amide bonds. The van der Waals surface area contributed by atoms with E-state index in [1.165, 1.54) is 0 Å². The molecule has 0 heterocycles. The van der Waals surface area contributed by atoms with E-state index >= 15 is 0 Å². The summed E-state index contributed by atoms with van der Waals surface area (Å²) in [6.45, 7) is 5.83. The molecule has 1 aromatic rings. The Hall–Kier alpha value is -1.16. The highest BCUT2D eigenvalue weighted by Gasteiger charge is 1.88. The first kappa shape index (κ1) is 11.8. The second kappa shape index (κ2) is 7.49. The molecule has 0 nitrogen and oxygen atoms in total. The maximum atomic E-state index is 5.47. The summed E-state index contributed by atoms with van der Waals surface area (Å²) in [7, 11) is 5.47.